The van der Waals surface area contributed by atoms with Gasteiger partial charge in [-0.05, 0) is 68.7 Å². The first-order chi connectivity index (χ1) is 9.95. The number of thiocarbonyl (C=S) groups is 1. The largest absolute Gasteiger partial charge is 0.356 e. The summed E-state index contributed by atoms with van der Waals surface area (Å²) in [4.78, 5) is 0. The highest BCUT2D eigenvalue weighted by atomic mass is 32.1. The summed E-state index contributed by atoms with van der Waals surface area (Å²) < 4.78 is 0. The second-order valence-corrected chi connectivity index (χ2v) is 5.96. The summed E-state index contributed by atoms with van der Waals surface area (Å²) in [5.74, 6) is 0. The highest BCUT2D eigenvalue weighted by Gasteiger charge is 2.09. The number of nitrogens with one attached hydrogen (secondary N) is 2. The molecule has 0 unspecified atom stereocenters. The topological polar surface area (TPSA) is 24.1 Å². The lowest BCUT2D eigenvalue weighted by Gasteiger charge is -2.19. The molecule has 1 atom stereocenters. The Morgan fingerprint density at radius 1 is 1.00 bits per heavy atom. The SMILES string of the molecule is Cc1cccc(NC(=S)N[C@H](C)c2ccc(C)cc2C)c1. The lowest BCUT2D eigenvalue weighted by Crippen LogP contribution is -2.31. The smallest absolute Gasteiger partial charge is 0.171 e. The van der Waals surface area contributed by atoms with Crippen molar-refractivity contribution in [2.45, 2.75) is 33.7 Å². The summed E-state index contributed by atoms with van der Waals surface area (Å²) in [7, 11) is 0. The van der Waals surface area contributed by atoms with Gasteiger partial charge in [-0.3, -0.25) is 0 Å². The van der Waals surface area contributed by atoms with Crippen molar-refractivity contribution in [1.82, 2.24) is 5.32 Å². The molecule has 2 rings (SSSR count). The fraction of sp³-hybridized carbons (Fsp3) is 0.278. The standard InChI is InChI=1S/C18H22N2S/c1-12-6-5-7-16(11-12)20-18(21)19-15(4)17-9-8-13(2)10-14(17)3/h5-11,15H,1-4H3,(H2,19,20,21)/t15-/m1/s1. The molecule has 0 saturated heterocycles. The van der Waals surface area contributed by atoms with Crippen LogP contribution in [0.4, 0.5) is 5.69 Å². The molecule has 0 fully saturated rings. The van der Waals surface area contributed by atoms with Crippen molar-refractivity contribution in [2.24, 2.45) is 0 Å². The molecule has 0 amide bonds. The molecule has 0 radical (unpaired) electrons. The molecule has 110 valence electrons. The summed E-state index contributed by atoms with van der Waals surface area (Å²) in [6.07, 6.45) is 0. The first kappa shape index (κ1) is 15.5. The molecule has 0 heterocycles. The Bertz CT molecular complexity index is 649. The van der Waals surface area contributed by atoms with Crippen LogP contribution in [0.1, 0.15) is 35.2 Å². The number of hydrogen-bond acceptors (Lipinski definition) is 1. The van der Waals surface area contributed by atoms with E-state index < -0.39 is 0 Å². The molecule has 2 aromatic carbocycles. The molecule has 0 aromatic heterocycles. The van der Waals surface area contributed by atoms with E-state index in [9.17, 15) is 0 Å². The molecule has 3 heteroatoms. The monoisotopic (exact) mass is 298 g/mol. The zero-order valence-corrected chi connectivity index (χ0v) is 13.8. The summed E-state index contributed by atoms with van der Waals surface area (Å²) in [5, 5.41) is 7.23. The predicted octanol–water partition coefficient (Wildman–Crippen LogP) is 4.66. The zero-order valence-electron chi connectivity index (χ0n) is 13.0. The second-order valence-electron chi connectivity index (χ2n) is 5.55. The normalized spacial score (nSPS) is 11.8. The highest BCUT2D eigenvalue weighted by Crippen LogP contribution is 2.19. The van der Waals surface area contributed by atoms with Crippen molar-refractivity contribution in [3.05, 3.63) is 64.7 Å². The molecule has 0 saturated carbocycles. The van der Waals surface area contributed by atoms with Crippen molar-refractivity contribution in [3.8, 4) is 0 Å². The minimum Gasteiger partial charge on any atom is -0.356 e. The Labute approximate surface area is 132 Å². The molecule has 2 aromatic rings. The minimum absolute atomic E-state index is 0.176. The highest BCUT2D eigenvalue weighted by molar-refractivity contribution is 7.80. The molecular formula is C18H22N2S. The van der Waals surface area contributed by atoms with Gasteiger partial charge in [-0.15, -0.1) is 0 Å². The maximum atomic E-state index is 5.40. The molecule has 0 aliphatic carbocycles. The van der Waals surface area contributed by atoms with Crippen LogP contribution < -0.4 is 10.6 Å². The fourth-order valence-electron chi connectivity index (χ4n) is 2.48. The van der Waals surface area contributed by atoms with Gasteiger partial charge in [0.2, 0.25) is 0 Å². The van der Waals surface area contributed by atoms with Crippen LogP contribution in [0, 0.1) is 20.8 Å². The molecular weight excluding hydrogens is 276 g/mol. The maximum absolute atomic E-state index is 5.40. The number of hydrogen-bond donors (Lipinski definition) is 2. The zero-order chi connectivity index (χ0) is 15.4. The van der Waals surface area contributed by atoms with Gasteiger partial charge < -0.3 is 10.6 Å². The second kappa shape index (κ2) is 6.72. The molecule has 0 bridgehead atoms. The van der Waals surface area contributed by atoms with Crippen molar-refractivity contribution >= 4 is 23.0 Å². The van der Waals surface area contributed by atoms with Gasteiger partial charge in [-0.25, -0.2) is 0 Å². The molecule has 21 heavy (non-hydrogen) atoms. The van der Waals surface area contributed by atoms with Gasteiger partial charge >= 0.3 is 0 Å². The Morgan fingerprint density at radius 3 is 2.38 bits per heavy atom. The van der Waals surface area contributed by atoms with E-state index in [0.717, 1.165) is 5.69 Å². The summed E-state index contributed by atoms with van der Waals surface area (Å²) in [6.45, 7) is 8.44. The van der Waals surface area contributed by atoms with Crippen LogP contribution in [0.25, 0.3) is 0 Å². The van der Waals surface area contributed by atoms with Gasteiger partial charge in [0, 0.05) is 5.69 Å². The van der Waals surface area contributed by atoms with Crippen LogP contribution in [0.2, 0.25) is 0 Å². The van der Waals surface area contributed by atoms with Crippen LogP contribution in [0.3, 0.4) is 0 Å². The van der Waals surface area contributed by atoms with Crippen molar-refractivity contribution in [1.29, 1.82) is 0 Å². The third kappa shape index (κ3) is 4.30. The van der Waals surface area contributed by atoms with Gasteiger partial charge in [-0.2, -0.15) is 0 Å². The van der Waals surface area contributed by atoms with Crippen molar-refractivity contribution in [2.75, 3.05) is 5.32 Å². The lowest BCUT2D eigenvalue weighted by molar-refractivity contribution is 0.717. The molecule has 0 spiro atoms. The van der Waals surface area contributed by atoms with Gasteiger partial charge in [0.1, 0.15) is 0 Å². The number of rotatable bonds is 3. The van der Waals surface area contributed by atoms with E-state index in [0.29, 0.717) is 5.11 Å². The first-order valence-corrected chi connectivity index (χ1v) is 7.58. The Morgan fingerprint density at radius 2 is 1.71 bits per heavy atom. The molecule has 2 nitrogen and oxygen atoms in total. The Kier molecular flexibility index (Phi) is 4.97. The average molecular weight is 298 g/mol. The van der Waals surface area contributed by atoms with E-state index in [-0.39, 0.29) is 6.04 Å². The molecule has 2 N–H and O–H groups in total. The quantitative estimate of drug-likeness (QED) is 0.806. The third-order valence-corrected chi connectivity index (χ3v) is 3.74. The summed E-state index contributed by atoms with van der Waals surface area (Å²) in [5.41, 5.74) is 6.07. The average Bonchev–Trinajstić information content (AvgIpc) is 2.38. The molecule has 0 aliphatic rings. The predicted molar refractivity (Wildman–Crippen MR) is 94.9 cm³/mol. The maximum Gasteiger partial charge on any atom is 0.171 e. The lowest BCUT2D eigenvalue weighted by atomic mass is 10.0. The number of benzene rings is 2. The minimum atomic E-state index is 0.176. The van der Waals surface area contributed by atoms with E-state index in [4.69, 9.17) is 12.2 Å². The van der Waals surface area contributed by atoms with E-state index >= 15 is 0 Å². The van der Waals surface area contributed by atoms with E-state index in [1.54, 1.807) is 0 Å². The van der Waals surface area contributed by atoms with E-state index in [2.05, 4.69) is 68.7 Å². The van der Waals surface area contributed by atoms with E-state index in [1.165, 1.54) is 22.3 Å². The van der Waals surface area contributed by atoms with Crippen molar-refractivity contribution in [3.63, 3.8) is 0 Å². The summed E-state index contributed by atoms with van der Waals surface area (Å²) >= 11 is 5.40. The van der Waals surface area contributed by atoms with Gasteiger partial charge in [-0.1, -0.05) is 35.9 Å². The molecule has 0 aliphatic heterocycles. The van der Waals surface area contributed by atoms with Crippen LogP contribution in [0.5, 0.6) is 0 Å². The number of aryl methyl sites for hydroxylation is 3. The first-order valence-electron chi connectivity index (χ1n) is 7.17. The van der Waals surface area contributed by atoms with Gasteiger partial charge in [0.05, 0.1) is 6.04 Å². The number of anilines is 1. The van der Waals surface area contributed by atoms with Crippen molar-refractivity contribution < 1.29 is 0 Å². The van der Waals surface area contributed by atoms with Crippen LogP contribution in [0.15, 0.2) is 42.5 Å². The van der Waals surface area contributed by atoms with Gasteiger partial charge in [0.25, 0.3) is 0 Å². The summed E-state index contributed by atoms with van der Waals surface area (Å²) in [6, 6.07) is 14.9. The van der Waals surface area contributed by atoms with E-state index in [1.807, 2.05) is 12.1 Å². The van der Waals surface area contributed by atoms with Gasteiger partial charge in [0.15, 0.2) is 5.11 Å². The van der Waals surface area contributed by atoms with Crippen LogP contribution >= 0.6 is 12.2 Å². The Balaban J connectivity index is 2.02. The Hall–Kier alpha value is -1.87. The van der Waals surface area contributed by atoms with Crippen LogP contribution in [-0.4, -0.2) is 5.11 Å². The van der Waals surface area contributed by atoms with Crippen LogP contribution in [-0.2, 0) is 0 Å². The fourth-order valence-corrected chi connectivity index (χ4v) is 2.77. The third-order valence-electron chi connectivity index (χ3n) is 3.52.